The Morgan fingerprint density at radius 2 is 2.00 bits per heavy atom. The van der Waals surface area contributed by atoms with Crippen LogP contribution in [0.1, 0.15) is 46.5 Å². The van der Waals surface area contributed by atoms with Gasteiger partial charge in [0, 0.05) is 38.3 Å². The quantitative estimate of drug-likeness (QED) is 0.649. The van der Waals surface area contributed by atoms with Gasteiger partial charge < -0.3 is 15.1 Å². The molecule has 1 saturated heterocycles. The van der Waals surface area contributed by atoms with E-state index in [0.717, 1.165) is 18.5 Å². The van der Waals surface area contributed by atoms with Crippen molar-refractivity contribution in [2.24, 2.45) is 5.92 Å². The predicted molar refractivity (Wildman–Crippen MR) is 84.7 cm³/mol. The van der Waals surface area contributed by atoms with E-state index in [0.29, 0.717) is 6.04 Å². The van der Waals surface area contributed by atoms with E-state index in [1.165, 1.54) is 45.3 Å². The molecule has 0 radical (unpaired) electrons. The number of nitrogens with one attached hydrogen (secondary N) is 1. The van der Waals surface area contributed by atoms with E-state index in [1.807, 2.05) is 0 Å². The molecule has 0 bridgehead atoms. The van der Waals surface area contributed by atoms with Gasteiger partial charge in [-0.25, -0.2) is 0 Å². The molecule has 0 aromatic heterocycles. The molecule has 3 unspecified atom stereocenters. The maximum Gasteiger partial charge on any atom is 0.0254 e. The minimum Gasteiger partial charge on any atom is -0.313 e. The van der Waals surface area contributed by atoms with Crippen molar-refractivity contribution in [3.63, 3.8) is 0 Å². The zero-order chi connectivity index (χ0) is 14.3. The van der Waals surface area contributed by atoms with Crippen molar-refractivity contribution < 1.29 is 0 Å². The molecule has 0 amide bonds. The molecule has 3 atom stereocenters. The van der Waals surface area contributed by atoms with Crippen molar-refractivity contribution in [3.05, 3.63) is 0 Å². The van der Waals surface area contributed by atoms with Crippen LogP contribution in [0, 0.1) is 5.92 Å². The van der Waals surface area contributed by atoms with Crippen molar-refractivity contribution in [1.29, 1.82) is 0 Å². The van der Waals surface area contributed by atoms with Crippen LogP contribution in [0.3, 0.4) is 0 Å². The molecule has 1 rings (SSSR count). The van der Waals surface area contributed by atoms with E-state index in [2.05, 4.69) is 50.0 Å². The number of unbranched alkanes of at least 4 members (excludes halogenated alkanes) is 2. The van der Waals surface area contributed by atoms with Crippen LogP contribution in [0.5, 0.6) is 0 Å². The number of likely N-dealkylation sites (tertiary alicyclic amines) is 1. The number of likely N-dealkylation sites (N-methyl/N-ethyl adjacent to an activating group) is 1. The Hall–Kier alpha value is -0.120. The minimum atomic E-state index is 0.677. The van der Waals surface area contributed by atoms with E-state index in [1.54, 1.807) is 0 Å². The zero-order valence-electron chi connectivity index (χ0n) is 13.8. The Balaban J connectivity index is 2.10. The van der Waals surface area contributed by atoms with Gasteiger partial charge in [-0.2, -0.15) is 0 Å². The van der Waals surface area contributed by atoms with Gasteiger partial charge >= 0.3 is 0 Å². The molecule has 19 heavy (non-hydrogen) atoms. The third-order valence-electron chi connectivity index (χ3n) is 4.47. The van der Waals surface area contributed by atoms with Crippen LogP contribution in [0.25, 0.3) is 0 Å². The number of hydrogen-bond acceptors (Lipinski definition) is 3. The highest BCUT2D eigenvalue weighted by Gasteiger charge is 2.30. The Morgan fingerprint density at radius 1 is 1.26 bits per heavy atom. The molecule has 1 fully saturated rings. The first kappa shape index (κ1) is 16.9. The average molecular weight is 269 g/mol. The monoisotopic (exact) mass is 269 g/mol. The summed E-state index contributed by atoms with van der Waals surface area (Å²) in [6.45, 7) is 11.8. The Labute approximate surface area is 120 Å². The topological polar surface area (TPSA) is 18.5 Å². The Morgan fingerprint density at radius 3 is 2.58 bits per heavy atom. The summed E-state index contributed by atoms with van der Waals surface area (Å²) in [7, 11) is 4.41. The summed E-state index contributed by atoms with van der Waals surface area (Å²) in [5.41, 5.74) is 0. The maximum absolute atomic E-state index is 3.67. The van der Waals surface area contributed by atoms with E-state index in [4.69, 9.17) is 0 Å². The highest BCUT2D eigenvalue weighted by molar-refractivity contribution is 4.86. The summed E-state index contributed by atoms with van der Waals surface area (Å²) >= 11 is 0. The van der Waals surface area contributed by atoms with E-state index in [9.17, 15) is 0 Å². The van der Waals surface area contributed by atoms with Gasteiger partial charge in [0.15, 0.2) is 0 Å². The van der Waals surface area contributed by atoms with Gasteiger partial charge in [-0.15, -0.1) is 0 Å². The lowest BCUT2D eigenvalue weighted by Gasteiger charge is -2.23. The largest absolute Gasteiger partial charge is 0.313 e. The Kier molecular flexibility index (Phi) is 7.96. The van der Waals surface area contributed by atoms with Crippen LogP contribution in [0.15, 0.2) is 0 Å². The minimum absolute atomic E-state index is 0.677. The van der Waals surface area contributed by atoms with Crippen LogP contribution in [-0.2, 0) is 0 Å². The SMILES string of the molecule is CCCCCC(C)NCCN1CC(C)C(N(C)C)C1. The lowest BCUT2D eigenvalue weighted by Crippen LogP contribution is -2.37. The van der Waals surface area contributed by atoms with Gasteiger partial charge in [0.05, 0.1) is 0 Å². The van der Waals surface area contributed by atoms with Crippen molar-refractivity contribution in [2.75, 3.05) is 40.3 Å². The molecule has 0 spiro atoms. The number of nitrogens with zero attached hydrogens (tertiary/aromatic N) is 2. The lowest BCUT2D eigenvalue weighted by atomic mass is 10.1. The number of hydrogen-bond donors (Lipinski definition) is 1. The van der Waals surface area contributed by atoms with Gasteiger partial charge in [0.1, 0.15) is 0 Å². The van der Waals surface area contributed by atoms with Gasteiger partial charge in [0.2, 0.25) is 0 Å². The zero-order valence-corrected chi connectivity index (χ0v) is 13.8. The molecule has 0 aromatic carbocycles. The van der Waals surface area contributed by atoms with Gasteiger partial charge in [0.25, 0.3) is 0 Å². The number of rotatable bonds is 9. The second-order valence-corrected chi connectivity index (χ2v) is 6.62. The summed E-state index contributed by atoms with van der Waals surface area (Å²) in [5.74, 6) is 0.803. The summed E-state index contributed by atoms with van der Waals surface area (Å²) in [4.78, 5) is 4.99. The summed E-state index contributed by atoms with van der Waals surface area (Å²) in [5, 5.41) is 3.67. The van der Waals surface area contributed by atoms with E-state index >= 15 is 0 Å². The first-order valence-corrected chi connectivity index (χ1v) is 8.16. The molecular weight excluding hydrogens is 234 g/mol. The van der Waals surface area contributed by atoms with Gasteiger partial charge in [-0.1, -0.05) is 33.1 Å². The molecule has 1 aliphatic heterocycles. The summed E-state index contributed by atoms with van der Waals surface area (Å²) in [6.07, 6.45) is 5.39. The average Bonchev–Trinajstić information content (AvgIpc) is 2.71. The molecule has 1 aliphatic rings. The molecule has 0 aliphatic carbocycles. The third-order valence-corrected chi connectivity index (χ3v) is 4.47. The van der Waals surface area contributed by atoms with Crippen molar-refractivity contribution in [3.8, 4) is 0 Å². The van der Waals surface area contributed by atoms with Crippen molar-refractivity contribution in [1.82, 2.24) is 15.1 Å². The fraction of sp³-hybridized carbons (Fsp3) is 1.00. The standard InChI is InChI=1S/C16H35N3/c1-6-7-8-9-15(3)17-10-11-19-12-14(2)16(13-19)18(4)5/h14-17H,6-13H2,1-5H3. The molecule has 3 nitrogen and oxygen atoms in total. The van der Waals surface area contributed by atoms with Crippen molar-refractivity contribution >= 4 is 0 Å². The molecule has 0 saturated carbocycles. The molecule has 114 valence electrons. The molecular formula is C16H35N3. The fourth-order valence-electron chi connectivity index (χ4n) is 3.17. The summed E-state index contributed by atoms with van der Waals surface area (Å²) < 4.78 is 0. The molecule has 3 heteroatoms. The highest BCUT2D eigenvalue weighted by atomic mass is 15.2. The van der Waals surface area contributed by atoms with Crippen molar-refractivity contribution in [2.45, 2.75) is 58.5 Å². The Bertz CT molecular complexity index is 230. The van der Waals surface area contributed by atoms with E-state index < -0.39 is 0 Å². The van der Waals surface area contributed by atoms with Crippen LogP contribution in [0.2, 0.25) is 0 Å². The maximum atomic E-state index is 3.67. The molecule has 1 heterocycles. The predicted octanol–water partition coefficient (Wildman–Crippen LogP) is 2.43. The lowest BCUT2D eigenvalue weighted by molar-refractivity contribution is 0.251. The normalized spacial score (nSPS) is 26.2. The van der Waals surface area contributed by atoms with Crippen LogP contribution in [-0.4, -0.2) is 62.2 Å². The van der Waals surface area contributed by atoms with Crippen LogP contribution < -0.4 is 5.32 Å². The van der Waals surface area contributed by atoms with Gasteiger partial charge in [-0.3, -0.25) is 0 Å². The third kappa shape index (κ3) is 6.24. The first-order valence-electron chi connectivity index (χ1n) is 8.16. The van der Waals surface area contributed by atoms with Crippen LogP contribution >= 0.6 is 0 Å². The van der Waals surface area contributed by atoms with Crippen LogP contribution in [0.4, 0.5) is 0 Å². The second kappa shape index (κ2) is 8.93. The smallest absolute Gasteiger partial charge is 0.0254 e. The second-order valence-electron chi connectivity index (χ2n) is 6.62. The van der Waals surface area contributed by atoms with Gasteiger partial charge in [-0.05, 0) is 33.4 Å². The highest BCUT2D eigenvalue weighted by Crippen LogP contribution is 2.19. The fourth-order valence-corrected chi connectivity index (χ4v) is 3.17. The molecule has 0 aromatic rings. The summed E-state index contributed by atoms with van der Waals surface area (Å²) in [6, 6.07) is 1.41. The first-order chi connectivity index (χ1) is 9.04. The van der Waals surface area contributed by atoms with E-state index in [-0.39, 0.29) is 0 Å². The molecule has 1 N–H and O–H groups in total.